The van der Waals surface area contributed by atoms with E-state index in [1.165, 1.54) is 5.56 Å². The van der Waals surface area contributed by atoms with Gasteiger partial charge in [0, 0.05) is 18.4 Å². The van der Waals surface area contributed by atoms with Crippen LogP contribution in [0.5, 0.6) is 11.5 Å². The van der Waals surface area contributed by atoms with Crippen LogP contribution in [0.3, 0.4) is 0 Å². The Morgan fingerprint density at radius 3 is 1.56 bits per heavy atom. The summed E-state index contributed by atoms with van der Waals surface area (Å²) in [7, 11) is 3.33. The zero-order valence-corrected chi connectivity index (χ0v) is 17.3. The molecule has 4 nitrogen and oxygen atoms in total. The van der Waals surface area contributed by atoms with Crippen molar-refractivity contribution in [1.29, 1.82) is 0 Å². The smallest absolute Gasteiger partial charge is 0.118 e. The molecule has 0 saturated carbocycles. The lowest BCUT2D eigenvalue weighted by molar-refractivity contribution is 0.414. The number of alkyl halides is 1. The number of nitrogens with one attached hydrogen (secondary N) is 1. The van der Waals surface area contributed by atoms with Crippen molar-refractivity contribution < 1.29 is 9.47 Å². The second-order valence-electron chi connectivity index (χ2n) is 4.95. The van der Waals surface area contributed by atoms with Crippen molar-refractivity contribution in [3.63, 3.8) is 0 Å². The van der Waals surface area contributed by atoms with E-state index in [2.05, 4.69) is 40.3 Å². The Hall–Kier alpha value is -1.56. The Kier molecular flexibility index (Phi) is 14.9. The predicted molar refractivity (Wildman–Crippen MR) is 111 cm³/mol. The summed E-state index contributed by atoms with van der Waals surface area (Å²) in [5.41, 5.74) is 7.82. The van der Waals surface area contributed by atoms with Crippen molar-refractivity contribution >= 4 is 15.9 Å². The average Bonchev–Trinajstić information content (AvgIpc) is 2.68. The number of methoxy groups -OCH3 is 2. The highest BCUT2D eigenvalue weighted by molar-refractivity contribution is 9.09. The van der Waals surface area contributed by atoms with Crippen molar-refractivity contribution in [1.82, 2.24) is 5.32 Å². The fourth-order valence-electron chi connectivity index (χ4n) is 1.77. The van der Waals surface area contributed by atoms with E-state index >= 15 is 0 Å². The number of ether oxygens (including phenoxy) is 2. The fraction of sp³-hybridized carbons (Fsp3) is 0.400. The maximum absolute atomic E-state index is 5.40. The molecule has 0 bridgehead atoms. The van der Waals surface area contributed by atoms with Gasteiger partial charge in [-0.05, 0) is 41.9 Å². The number of benzene rings is 2. The SMILES string of the molecule is CCBr.CCNCc1ccc(OC)cc1.COc1ccc(CN)cc1. The topological polar surface area (TPSA) is 56.5 Å². The Morgan fingerprint density at radius 1 is 0.840 bits per heavy atom. The lowest BCUT2D eigenvalue weighted by atomic mass is 10.2. The van der Waals surface area contributed by atoms with E-state index in [0.717, 1.165) is 35.5 Å². The van der Waals surface area contributed by atoms with Crippen LogP contribution in [-0.2, 0) is 13.1 Å². The lowest BCUT2D eigenvalue weighted by Gasteiger charge is -2.03. The fourth-order valence-corrected chi connectivity index (χ4v) is 1.77. The monoisotopic (exact) mass is 410 g/mol. The zero-order valence-electron chi connectivity index (χ0n) is 15.7. The molecule has 2 aromatic carbocycles. The minimum Gasteiger partial charge on any atom is -0.497 e. The summed E-state index contributed by atoms with van der Waals surface area (Å²) in [4.78, 5) is 0. The molecular weight excluding hydrogens is 380 g/mol. The molecule has 25 heavy (non-hydrogen) atoms. The van der Waals surface area contributed by atoms with E-state index < -0.39 is 0 Å². The molecule has 0 heterocycles. The molecule has 0 aliphatic heterocycles. The van der Waals surface area contributed by atoms with Crippen LogP contribution in [-0.4, -0.2) is 26.1 Å². The van der Waals surface area contributed by atoms with Gasteiger partial charge in [-0.25, -0.2) is 0 Å². The van der Waals surface area contributed by atoms with Gasteiger partial charge in [-0.2, -0.15) is 0 Å². The van der Waals surface area contributed by atoms with Crippen LogP contribution < -0.4 is 20.5 Å². The summed E-state index contributed by atoms with van der Waals surface area (Å²) in [6.07, 6.45) is 0. The normalized spacial score (nSPS) is 9.20. The number of hydrogen-bond donors (Lipinski definition) is 2. The lowest BCUT2D eigenvalue weighted by Crippen LogP contribution is -2.11. The van der Waals surface area contributed by atoms with E-state index in [0.29, 0.717) is 6.54 Å². The Morgan fingerprint density at radius 2 is 1.24 bits per heavy atom. The quantitative estimate of drug-likeness (QED) is 0.694. The van der Waals surface area contributed by atoms with E-state index in [1.807, 2.05) is 43.3 Å². The van der Waals surface area contributed by atoms with E-state index in [4.69, 9.17) is 15.2 Å². The highest BCUT2D eigenvalue weighted by Crippen LogP contribution is 2.11. The minimum atomic E-state index is 0.587. The third kappa shape index (κ3) is 11.6. The Balaban J connectivity index is 0.000000403. The highest BCUT2D eigenvalue weighted by atomic mass is 79.9. The standard InChI is InChI=1S/C10H15NO.C8H11NO.C2H5Br/c1-3-11-8-9-4-6-10(12-2)7-5-9;1-10-8-4-2-7(6-9)3-5-8;1-2-3/h4-7,11H,3,8H2,1-2H3;2-5H,6,9H2,1H3;2H2,1H3. The maximum Gasteiger partial charge on any atom is 0.118 e. The molecule has 0 radical (unpaired) electrons. The molecule has 2 aromatic rings. The number of halogens is 1. The summed E-state index contributed by atoms with van der Waals surface area (Å²) in [6.45, 7) is 6.67. The maximum atomic E-state index is 5.40. The summed E-state index contributed by atoms with van der Waals surface area (Å²) in [6, 6.07) is 15.8. The van der Waals surface area contributed by atoms with Crippen LogP contribution in [0.4, 0.5) is 0 Å². The van der Waals surface area contributed by atoms with E-state index in [1.54, 1.807) is 14.2 Å². The number of hydrogen-bond acceptors (Lipinski definition) is 4. The van der Waals surface area contributed by atoms with E-state index in [9.17, 15) is 0 Å². The third-order valence-electron chi connectivity index (χ3n) is 3.13. The highest BCUT2D eigenvalue weighted by Gasteiger charge is 1.92. The Labute approximate surface area is 160 Å². The summed E-state index contributed by atoms with van der Waals surface area (Å²) in [5.74, 6) is 1.78. The molecule has 140 valence electrons. The van der Waals surface area contributed by atoms with Gasteiger partial charge in [-0.3, -0.25) is 0 Å². The first-order chi connectivity index (χ1) is 12.1. The molecule has 0 saturated heterocycles. The van der Waals surface area contributed by atoms with Gasteiger partial charge >= 0.3 is 0 Å². The third-order valence-corrected chi connectivity index (χ3v) is 3.13. The van der Waals surface area contributed by atoms with Crippen molar-refractivity contribution in [2.45, 2.75) is 26.9 Å². The molecule has 2 rings (SSSR count). The molecule has 0 unspecified atom stereocenters. The first-order valence-electron chi connectivity index (χ1n) is 8.37. The average molecular weight is 411 g/mol. The van der Waals surface area contributed by atoms with Gasteiger partial charge in [-0.1, -0.05) is 54.0 Å². The summed E-state index contributed by atoms with van der Waals surface area (Å²) >= 11 is 3.15. The second kappa shape index (κ2) is 15.9. The first kappa shape index (κ1) is 23.4. The second-order valence-corrected chi connectivity index (χ2v) is 6.07. The van der Waals surface area contributed by atoms with Gasteiger partial charge in [0.2, 0.25) is 0 Å². The molecule has 0 amide bonds. The molecule has 3 N–H and O–H groups in total. The van der Waals surface area contributed by atoms with Crippen molar-refractivity contribution in [2.75, 3.05) is 26.1 Å². The first-order valence-corrected chi connectivity index (χ1v) is 9.49. The van der Waals surface area contributed by atoms with Gasteiger partial charge in [0.25, 0.3) is 0 Å². The van der Waals surface area contributed by atoms with Crippen molar-refractivity contribution in [2.24, 2.45) is 5.73 Å². The molecule has 0 fully saturated rings. The molecule has 0 aliphatic carbocycles. The van der Waals surface area contributed by atoms with Crippen LogP contribution in [0.25, 0.3) is 0 Å². The number of rotatable bonds is 6. The van der Waals surface area contributed by atoms with Crippen molar-refractivity contribution in [3.05, 3.63) is 59.7 Å². The molecular formula is C20H31BrN2O2. The van der Waals surface area contributed by atoms with Crippen LogP contribution in [0.15, 0.2) is 48.5 Å². The van der Waals surface area contributed by atoms with Gasteiger partial charge in [0.05, 0.1) is 14.2 Å². The molecule has 0 atom stereocenters. The van der Waals surface area contributed by atoms with Gasteiger partial charge in [0.1, 0.15) is 11.5 Å². The Bertz CT molecular complexity index is 507. The summed E-state index contributed by atoms with van der Waals surface area (Å²) < 4.78 is 10.0. The van der Waals surface area contributed by atoms with Gasteiger partial charge < -0.3 is 20.5 Å². The van der Waals surface area contributed by atoms with Gasteiger partial charge in [0.15, 0.2) is 0 Å². The zero-order chi connectivity index (χ0) is 18.9. The van der Waals surface area contributed by atoms with Crippen LogP contribution >= 0.6 is 15.9 Å². The molecule has 0 aromatic heterocycles. The van der Waals surface area contributed by atoms with Crippen LogP contribution in [0.2, 0.25) is 0 Å². The predicted octanol–water partition coefficient (Wildman–Crippen LogP) is 4.36. The van der Waals surface area contributed by atoms with Crippen molar-refractivity contribution in [3.8, 4) is 11.5 Å². The number of nitrogens with two attached hydrogens (primary N) is 1. The van der Waals surface area contributed by atoms with Crippen LogP contribution in [0, 0.1) is 0 Å². The van der Waals surface area contributed by atoms with E-state index in [-0.39, 0.29) is 0 Å². The van der Waals surface area contributed by atoms with Gasteiger partial charge in [-0.15, -0.1) is 0 Å². The van der Waals surface area contributed by atoms with Crippen LogP contribution in [0.1, 0.15) is 25.0 Å². The largest absolute Gasteiger partial charge is 0.497 e. The molecule has 0 spiro atoms. The summed E-state index contributed by atoms with van der Waals surface area (Å²) in [5, 5.41) is 4.32. The molecule has 0 aliphatic rings. The minimum absolute atomic E-state index is 0.587. The molecule has 5 heteroatoms.